The molecule has 0 spiro atoms. The van der Waals surface area contributed by atoms with Crippen molar-refractivity contribution < 1.29 is 4.79 Å². The molecule has 1 aromatic carbocycles. The van der Waals surface area contributed by atoms with Gasteiger partial charge in [0.2, 0.25) is 0 Å². The molecule has 0 saturated heterocycles. The van der Waals surface area contributed by atoms with Crippen LogP contribution in [0, 0.1) is 0 Å². The van der Waals surface area contributed by atoms with E-state index in [-0.39, 0.29) is 5.78 Å². The fourth-order valence-electron chi connectivity index (χ4n) is 0.589. The van der Waals surface area contributed by atoms with Gasteiger partial charge in [-0.25, -0.2) is 0 Å². The highest BCUT2D eigenvalue weighted by Gasteiger charge is 1.68. The van der Waals surface area contributed by atoms with Crippen molar-refractivity contribution in [2.24, 2.45) is 5.73 Å². The van der Waals surface area contributed by atoms with Gasteiger partial charge in [-0.15, -0.1) is 0 Å². The van der Waals surface area contributed by atoms with Crippen molar-refractivity contribution in [2.45, 2.75) is 33.6 Å². The van der Waals surface area contributed by atoms with Crippen molar-refractivity contribution in [1.29, 1.82) is 0 Å². The summed E-state index contributed by atoms with van der Waals surface area (Å²) >= 11 is 0. The SMILES string of the molecule is CC(C)=O.CCCCN.c1ccccc1. The fraction of sp³-hybridized carbons (Fsp3) is 0.462. The lowest BCUT2D eigenvalue weighted by Gasteiger charge is -1.80. The van der Waals surface area contributed by atoms with Gasteiger partial charge in [-0.2, -0.15) is 0 Å². The zero-order chi connectivity index (χ0) is 11.9. The Bertz CT molecular complexity index is 176. The predicted molar refractivity (Wildman–Crippen MR) is 66.8 cm³/mol. The van der Waals surface area contributed by atoms with E-state index >= 15 is 0 Å². The number of rotatable bonds is 2. The van der Waals surface area contributed by atoms with Gasteiger partial charge in [-0.05, 0) is 26.8 Å². The van der Waals surface area contributed by atoms with Crippen LogP contribution in [0.2, 0.25) is 0 Å². The highest BCUT2D eigenvalue weighted by atomic mass is 16.1. The molecule has 0 aliphatic rings. The molecule has 0 aliphatic carbocycles. The molecule has 0 saturated carbocycles. The van der Waals surface area contributed by atoms with Gasteiger partial charge in [0.1, 0.15) is 5.78 Å². The van der Waals surface area contributed by atoms with Gasteiger partial charge in [0, 0.05) is 0 Å². The molecule has 2 nitrogen and oxygen atoms in total. The lowest BCUT2D eigenvalue weighted by Crippen LogP contribution is -1.95. The molecule has 2 N–H and O–H groups in total. The zero-order valence-corrected chi connectivity index (χ0v) is 10.1. The number of hydrogen-bond acceptors (Lipinski definition) is 2. The first-order valence-electron chi connectivity index (χ1n) is 5.32. The second kappa shape index (κ2) is 15.3. The van der Waals surface area contributed by atoms with Crippen molar-refractivity contribution >= 4 is 5.78 Å². The number of benzene rings is 1. The summed E-state index contributed by atoms with van der Waals surface area (Å²) in [7, 11) is 0. The van der Waals surface area contributed by atoms with Gasteiger partial charge in [0.05, 0.1) is 0 Å². The van der Waals surface area contributed by atoms with Crippen LogP contribution in [-0.2, 0) is 4.79 Å². The lowest BCUT2D eigenvalue weighted by molar-refractivity contribution is -0.114. The van der Waals surface area contributed by atoms with Crippen LogP contribution < -0.4 is 5.73 Å². The van der Waals surface area contributed by atoms with Crippen LogP contribution in [0.4, 0.5) is 0 Å². The quantitative estimate of drug-likeness (QED) is 0.813. The van der Waals surface area contributed by atoms with Crippen molar-refractivity contribution in [1.82, 2.24) is 0 Å². The molecule has 2 heteroatoms. The number of carbonyl (C=O) groups is 1. The normalized spacial score (nSPS) is 7.73. The number of carbonyl (C=O) groups excluding carboxylic acids is 1. The number of unbranched alkanes of at least 4 members (excludes halogenated alkanes) is 1. The molecule has 1 aromatic rings. The Balaban J connectivity index is 0. The Morgan fingerprint density at radius 3 is 1.33 bits per heavy atom. The Labute approximate surface area is 93.5 Å². The summed E-state index contributed by atoms with van der Waals surface area (Å²) in [5, 5.41) is 0. The molecule has 0 radical (unpaired) electrons. The maximum atomic E-state index is 9.44. The fourth-order valence-corrected chi connectivity index (χ4v) is 0.589. The molecule has 0 bridgehead atoms. The average molecular weight is 209 g/mol. The van der Waals surface area contributed by atoms with Crippen LogP contribution in [0.3, 0.4) is 0 Å². The number of hydrogen-bond donors (Lipinski definition) is 1. The molecule has 86 valence electrons. The third-order valence-corrected chi connectivity index (χ3v) is 1.22. The first kappa shape index (κ1) is 16.3. The van der Waals surface area contributed by atoms with Crippen molar-refractivity contribution in [2.75, 3.05) is 6.54 Å². The Morgan fingerprint density at radius 1 is 1.00 bits per heavy atom. The van der Waals surface area contributed by atoms with Crippen molar-refractivity contribution in [3.8, 4) is 0 Å². The van der Waals surface area contributed by atoms with Crippen LogP contribution in [0.5, 0.6) is 0 Å². The minimum atomic E-state index is 0.167. The minimum Gasteiger partial charge on any atom is -0.330 e. The van der Waals surface area contributed by atoms with Crippen molar-refractivity contribution in [3.63, 3.8) is 0 Å². The number of nitrogens with two attached hydrogens (primary N) is 1. The summed E-state index contributed by atoms with van der Waals surface area (Å²) in [6.07, 6.45) is 2.39. The van der Waals surface area contributed by atoms with Gasteiger partial charge in [0.15, 0.2) is 0 Å². The molecule has 0 heterocycles. The summed E-state index contributed by atoms with van der Waals surface area (Å²) in [4.78, 5) is 9.44. The smallest absolute Gasteiger partial charge is 0.126 e. The first-order chi connectivity index (χ1) is 7.15. The highest BCUT2D eigenvalue weighted by Crippen LogP contribution is 1.80. The Morgan fingerprint density at radius 2 is 1.27 bits per heavy atom. The predicted octanol–water partition coefficient (Wildman–Crippen LogP) is 3.03. The third-order valence-electron chi connectivity index (χ3n) is 1.22. The molecular formula is C13H23NO. The maximum Gasteiger partial charge on any atom is 0.126 e. The number of ketones is 1. The van der Waals surface area contributed by atoms with E-state index in [1.807, 2.05) is 36.4 Å². The summed E-state index contributed by atoms with van der Waals surface area (Å²) in [5.41, 5.74) is 5.14. The molecule has 0 aliphatic heterocycles. The largest absolute Gasteiger partial charge is 0.330 e. The van der Waals surface area contributed by atoms with Crippen LogP contribution in [-0.4, -0.2) is 12.3 Å². The Kier molecular flexibility index (Phi) is 16.6. The topological polar surface area (TPSA) is 43.1 Å². The summed E-state index contributed by atoms with van der Waals surface area (Å²) < 4.78 is 0. The first-order valence-corrected chi connectivity index (χ1v) is 5.32. The van der Waals surface area contributed by atoms with Crippen LogP contribution in [0.1, 0.15) is 33.6 Å². The maximum absolute atomic E-state index is 9.44. The second-order valence-corrected chi connectivity index (χ2v) is 3.21. The molecule has 0 unspecified atom stereocenters. The minimum absolute atomic E-state index is 0.167. The lowest BCUT2D eigenvalue weighted by atomic mass is 10.3. The van der Waals surface area contributed by atoms with E-state index in [1.165, 1.54) is 26.7 Å². The summed E-state index contributed by atoms with van der Waals surface area (Å²) in [6, 6.07) is 12.0. The van der Waals surface area contributed by atoms with Gasteiger partial charge >= 0.3 is 0 Å². The molecular weight excluding hydrogens is 186 g/mol. The monoisotopic (exact) mass is 209 g/mol. The number of Topliss-reactive ketones (excluding diaryl/α,β-unsaturated/α-hetero) is 1. The molecule has 0 amide bonds. The Hall–Kier alpha value is -1.15. The third kappa shape index (κ3) is 32.2. The van der Waals surface area contributed by atoms with Crippen LogP contribution >= 0.6 is 0 Å². The van der Waals surface area contributed by atoms with E-state index in [2.05, 4.69) is 6.92 Å². The van der Waals surface area contributed by atoms with Gasteiger partial charge in [-0.1, -0.05) is 49.7 Å². The van der Waals surface area contributed by atoms with E-state index in [4.69, 9.17) is 5.73 Å². The van der Waals surface area contributed by atoms with Gasteiger partial charge in [-0.3, -0.25) is 0 Å². The molecule has 15 heavy (non-hydrogen) atoms. The van der Waals surface area contributed by atoms with Crippen molar-refractivity contribution in [3.05, 3.63) is 36.4 Å². The van der Waals surface area contributed by atoms with Gasteiger partial charge in [0.25, 0.3) is 0 Å². The highest BCUT2D eigenvalue weighted by molar-refractivity contribution is 5.72. The van der Waals surface area contributed by atoms with E-state index in [1.54, 1.807) is 0 Å². The van der Waals surface area contributed by atoms with E-state index in [0.29, 0.717) is 0 Å². The average Bonchev–Trinajstić information content (AvgIpc) is 2.22. The zero-order valence-electron chi connectivity index (χ0n) is 10.1. The van der Waals surface area contributed by atoms with E-state index in [9.17, 15) is 4.79 Å². The van der Waals surface area contributed by atoms with E-state index < -0.39 is 0 Å². The molecule has 1 rings (SSSR count). The summed E-state index contributed by atoms with van der Waals surface area (Å²) in [5.74, 6) is 0.167. The van der Waals surface area contributed by atoms with Gasteiger partial charge < -0.3 is 10.5 Å². The molecule has 0 aromatic heterocycles. The summed E-state index contributed by atoms with van der Waals surface area (Å²) in [6.45, 7) is 6.03. The van der Waals surface area contributed by atoms with E-state index in [0.717, 1.165) is 6.54 Å². The van der Waals surface area contributed by atoms with Crippen LogP contribution in [0.15, 0.2) is 36.4 Å². The molecule has 0 fully saturated rings. The standard InChI is InChI=1S/C6H6.C4H11N.C3H6O/c1-2-4-6-5-3-1;1-2-3-4-5;1-3(2)4/h1-6H;2-5H2,1H3;1-2H3. The molecule has 0 atom stereocenters. The van der Waals surface area contributed by atoms with Crippen LogP contribution in [0.25, 0.3) is 0 Å². The second-order valence-electron chi connectivity index (χ2n) is 3.21.